The minimum absolute atomic E-state index is 0.130. The first-order valence-electron chi connectivity index (χ1n) is 13.3. The minimum Gasteiger partial charge on any atom is -0.416 e. The molecule has 2 N–H and O–H groups in total. The van der Waals surface area contributed by atoms with E-state index < -0.39 is 8.32 Å². The molecule has 0 saturated carbocycles. The van der Waals surface area contributed by atoms with E-state index in [0.717, 1.165) is 47.1 Å². The summed E-state index contributed by atoms with van der Waals surface area (Å²) < 4.78 is 8.61. The van der Waals surface area contributed by atoms with E-state index in [2.05, 4.69) is 87.5 Å². The summed E-state index contributed by atoms with van der Waals surface area (Å²) in [6.45, 7) is 22.0. The maximum Gasteiger partial charge on any atom is 0.228 e. The highest BCUT2D eigenvalue weighted by Gasteiger charge is 2.42. The molecular weight excluding hydrogens is 490 g/mol. The van der Waals surface area contributed by atoms with E-state index in [1.807, 2.05) is 29.8 Å². The van der Waals surface area contributed by atoms with Gasteiger partial charge in [0, 0.05) is 42.9 Å². The maximum atomic E-state index is 9.99. The van der Waals surface area contributed by atoms with Crippen LogP contribution in [0.4, 0.5) is 17.5 Å². The van der Waals surface area contributed by atoms with Crippen molar-refractivity contribution in [1.29, 1.82) is 5.26 Å². The van der Waals surface area contributed by atoms with Crippen LogP contribution >= 0.6 is 0 Å². The van der Waals surface area contributed by atoms with Gasteiger partial charge in [-0.1, -0.05) is 41.5 Å². The number of fused-ring (bicyclic) bond motifs is 1. The van der Waals surface area contributed by atoms with Crippen LogP contribution in [0, 0.1) is 24.2 Å². The number of aromatic nitrogens is 4. The minimum atomic E-state index is -1.93. The summed E-state index contributed by atoms with van der Waals surface area (Å²) in [5.74, 6) is 1.81. The summed E-state index contributed by atoms with van der Waals surface area (Å²) >= 11 is 0. The van der Waals surface area contributed by atoms with Gasteiger partial charge in [0.1, 0.15) is 11.9 Å². The number of nitrogens with zero attached hydrogens (tertiary/aromatic N) is 5. The van der Waals surface area contributed by atoms with Crippen LogP contribution < -0.4 is 10.6 Å². The van der Waals surface area contributed by atoms with Crippen LogP contribution in [0.5, 0.6) is 0 Å². The second kappa shape index (κ2) is 10.2. The van der Waals surface area contributed by atoms with Crippen molar-refractivity contribution in [3.63, 3.8) is 0 Å². The first-order valence-corrected chi connectivity index (χ1v) is 16.2. The second-order valence-corrected chi connectivity index (χ2v) is 17.5. The van der Waals surface area contributed by atoms with Gasteiger partial charge in [0.2, 0.25) is 5.95 Å². The molecule has 8 nitrogen and oxygen atoms in total. The van der Waals surface area contributed by atoms with Crippen molar-refractivity contribution in [1.82, 2.24) is 19.7 Å². The molecule has 1 atom stereocenters. The van der Waals surface area contributed by atoms with E-state index in [4.69, 9.17) is 9.41 Å². The molecule has 0 saturated heterocycles. The number of anilines is 3. The molecule has 3 heterocycles. The quantitative estimate of drug-likeness (QED) is 0.315. The summed E-state index contributed by atoms with van der Waals surface area (Å²) in [6, 6.07) is 10.3. The Kier molecular flexibility index (Phi) is 7.43. The maximum absolute atomic E-state index is 9.99. The number of aryl methyl sites for hydroxylation is 1. The molecule has 0 radical (unpaired) electrons. The van der Waals surface area contributed by atoms with Crippen LogP contribution in [0.3, 0.4) is 0 Å². The zero-order chi connectivity index (χ0) is 27.9. The average molecular weight is 532 g/mol. The van der Waals surface area contributed by atoms with Crippen molar-refractivity contribution in [2.45, 2.75) is 78.6 Å². The third-order valence-corrected chi connectivity index (χ3v) is 12.2. The van der Waals surface area contributed by atoms with Crippen LogP contribution in [0.15, 0.2) is 30.5 Å². The highest BCUT2D eigenvalue weighted by atomic mass is 28.4. The Balaban J connectivity index is 1.66. The Morgan fingerprint density at radius 3 is 2.66 bits per heavy atom. The molecule has 0 fully saturated rings. The van der Waals surface area contributed by atoms with Crippen molar-refractivity contribution >= 4 is 25.8 Å². The highest BCUT2D eigenvalue weighted by Crippen LogP contribution is 2.44. The van der Waals surface area contributed by atoms with Gasteiger partial charge in [-0.3, -0.25) is 0 Å². The number of rotatable bonds is 8. The molecule has 0 amide bonds. The molecule has 0 bridgehead atoms. The molecule has 9 heteroatoms. The molecule has 1 aromatic carbocycles. The molecule has 2 aromatic heterocycles. The number of nitrogens with one attached hydrogen (secondary N) is 2. The van der Waals surface area contributed by atoms with E-state index in [9.17, 15) is 5.26 Å². The SMILES string of the molecule is Cc1cc(Nc2nccc(-c3cc(C#N)c4c(c3)[C@@](C)(CO[Si](C)(C)C(C)(C)C)CN4)n2)n(CC(C)C)n1. The summed E-state index contributed by atoms with van der Waals surface area (Å²) in [4.78, 5) is 9.27. The van der Waals surface area contributed by atoms with Crippen molar-refractivity contribution in [2.24, 2.45) is 5.92 Å². The Hall–Kier alpha value is -3.22. The van der Waals surface area contributed by atoms with E-state index in [0.29, 0.717) is 24.0 Å². The van der Waals surface area contributed by atoms with Crippen LogP contribution in [-0.2, 0) is 16.4 Å². The molecule has 3 aromatic rings. The van der Waals surface area contributed by atoms with Crippen molar-refractivity contribution in [2.75, 3.05) is 23.8 Å². The van der Waals surface area contributed by atoms with Gasteiger partial charge in [-0.05, 0) is 54.7 Å². The smallest absolute Gasteiger partial charge is 0.228 e. The van der Waals surface area contributed by atoms with E-state index in [1.165, 1.54) is 0 Å². The monoisotopic (exact) mass is 531 g/mol. The zero-order valence-corrected chi connectivity index (χ0v) is 25.2. The molecule has 0 unspecified atom stereocenters. The fourth-order valence-corrected chi connectivity index (χ4v) is 5.55. The van der Waals surface area contributed by atoms with E-state index in [1.54, 1.807) is 6.20 Å². The predicted molar refractivity (Wildman–Crippen MR) is 156 cm³/mol. The summed E-state index contributed by atoms with van der Waals surface area (Å²) in [5.41, 5.74) is 4.96. The Labute approximate surface area is 228 Å². The van der Waals surface area contributed by atoms with Crippen molar-refractivity contribution < 1.29 is 4.43 Å². The molecule has 1 aliphatic heterocycles. The zero-order valence-electron chi connectivity index (χ0n) is 24.2. The summed E-state index contributed by atoms with van der Waals surface area (Å²) in [6.07, 6.45) is 1.75. The fourth-order valence-electron chi connectivity index (χ4n) is 4.43. The predicted octanol–water partition coefficient (Wildman–Crippen LogP) is 6.62. The van der Waals surface area contributed by atoms with Crippen LogP contribution in [-0.4, -0.2) is 41.2 Å². The third kappa shape index (κ3) is 5.61. The lowest BCUT2D eigenvalue weighted by Gasteiger charge is -2.39. The van der Waals surface area contributed by atoms with Crippen molar-refractivity contribution in [3.8, 4) is 17.3 Å². The number of hydrogen-bond donors (Lipinski definition) is 2. The summed E-state index contributed by atoms with van der Waals surface area (Å²) in [5, 5.41) is 21.6. The number of nitriles is 1. The second-order valence-electron chi connectivity index (χ2n) is 12.7. The van der Waals surface area contributed by atoms with Gasteiger partial charge in [0.05, 0.1) is 22.6 Å². The molecule has 202 valence electrons. The first kappa shape index (κ1) is 27.8. The fraction of sp³-hybridized carbons (Fsp3) is 0.517. The highest BCUT2D eigenvalue weighted by molar-refractivity contribution is 6.74. The number of benzene rings is 1. The van der Waals surface area contributed by atoms with Gasteiger partial charge in [-0.25, -0.2) is 14.6 Å². The first-order chi connectivity index (χ1) is 17.7. The van der Waals surface area contributed by atoms with Crippen LogP contribution in [0.1, 0.15) is 58.4 Å². The van der Waals surface area contributed by atoms with Gasteiger partial charge < -0.3 is 15.1 Å². The molecular formula is C29H41N7OSi. The van der Waals surface area contributed by atoms with E-state index in [-0.39, 0.29) is 10.5 Å². The van der Waals surface area contributed by atoms with Crippen LogP contribution in [0.2, 0.25) is 18.1 Å². The van der Waals surface area contributed by atoms with E-state index >= 15 is 0 Å². The standard InChI is InChI=1S/C29H41N7OSi/c1-19(2)16-36-25(12-20(3)35-36)34-27-31-11-10-24(33-27)21-13-22(15-30)26-23(14-21)29(7,17-32-26)18-37-38(8,9)28(4,5)6/h10-14,19,32H,16-18H2,1-9H3,(H,31,33,34)/t29-/m1/s1. The molecule has 0 spiro atoms. The largest absolute Gasteiger partial charge is 0.416 e. The third-order valence-electron chi connectivity index (χ3n) is 7.75. The van der Waals surface area contributed by atoms with Gasteiger partial charge in [0.15, 0.2) is 8.32 Å². The van der Waals surface area contributed by atoms with Gasteiger partial charge >= 0.3 is 0 Å². The van der Waals surface area contributed by atoms with Gasteiger partial charge in [-0.2, -0.15) is 10.4 Å². The Morgan fingerprint density at radius 2 is 2.00 bits per heavy atom. The molecule has 0 aliphatic carbocycles. The lowest BCUT2D eigenvalue weighted by Crippen LogP contribution is -2.45. The van der Waals surface area contributed by atoms with Crippen molar-refractivity contribution in [3.05, 3.63) is 47.3 Å². The van der Waals surface area contributed by atoms with Gasteiger partial charge in [0.25, 0.3) is 0 Å². The Bertz CT molecular complexity index is 1370. The topological polar surface area (TPSA) is 101 Å². The molecule has 38 heavy (non-hydrogen) atoms. The normalized spacial score (nSPS) is 17.3. The molecule has 4 rings (SSSR count). The lowest BCUT2D eigenvalue weighted by molar-refractivity contribution is 0.220. The lowest BCUT2D eigenvalue weighted by atomic mass is 9.83. The Morgan fingerprint density at radius 1 is 1.26 bits per heavy atom. The van der Waals surface area contributed by atoms with Crippen LogP contribution in [0.25, 0.3) is 11.3 Å². The summed E-state index contributed by atoms with van der Waals surface area (Å²) in [7, 11) is -1.93. The van der Waals surface area contributed by atoms with Gasteiger partial charge in [-0.15, -0.1) is 0 Å². The molecule has 1 aliphatic rings. The average Bonchev–Trinajstić information content (AvgIpc) is 3.35. The number of hydrogen-bond acceptors (Lipinski definition) is 7.